The van der Waals surface area contributed by atoms with Crippen molar-refractivity contribution < 1.29 is 5.11 Å². The molecule has 1 aromatic rings. The van der Waals surface area contributed by atoms with Crippen LogP contribution in [-0.2, 0) is 6.54 Å². The van der Waals surface area contributed by atoms with E-state index in [0.29, 0.717) is 6.61 Å². The topological polar surface area (TPSA) is 63.8 Å². The molecule has 0 spiro atoms. The summed E-state index contributed by atoms with van der Waals surface area (Å²) in [4.78, 5) is 0. The Morgan fingerprint density at radius 1 is 1.23 bits per heavy atom. The van der Waals surface area contributed by atoms with Gasteiger partial charge in [-0.25, -0.2) is 4.68 Å². The monoisotopic (exact) mass is 184 g/mol. The Kier molecular flexibility index (Phi) is 4.39. The van der Waals surface area contributed by atoms with Gasteiger partial charge in [-0.2, -0.15) is 0 Å². The second-order valence-corrected chi connectivity index (χ2v) is 3.09. The molecule has 0 fully saturated rings. The lowest BCUT2D eigenvalue weighted by molar-refractivity contribution is 0.282. The number of aliphatic hydroxyl groups is 1. The zero-order valence-electron chi connectivity index (χ0n) is 7.98. The molecule has 13 heavy (non-hydrogen) atoms. The molecule has 5 nitrogen and oxygen atoms in total. The summed E-state index contributed by atoms with van der Waals surface area (Å²) in [5.74, 6) is 0.863. The normalized spacial score (nSPS) is 10.6. The maximum absolute atomic E-state index is 8.56. The van der Waals surface area contributed by atoms with Crippen LogP contribution in [0.25, 0.3) is 0 Å². The largest absolute Gasteiger partial charge is 0.396 e. The van der Waals surface area contributed by atoms with E-state index in [4.69, 9.17) is 5.11 Å². The maximum Gasteiger partial charge on any atom is 0.148 e. The lowest BCUT2D eigenvalue weighted by atomic mass is 10.2. The fourth-order valence-electron chi connectivity index (χ4n) is 1.18. The first kappa shape index (κ1) is 10.1. The molecule has 1 N–H and O–H groups in total. The van der Waals surface area contributed by atoms with Crippen LogP contribution in [0.5, 0.6) is 0 Å². The standard InChI is InChI=1S/C8H16N4O/c1-8-9-10-11-12(8)6-4-2-3-5-7-13/h13H,2-7H2,1H3. The van der Waals surface area contributed by atoms with Gasteiger partial charge in [0.05, 0.1) is 0 Å². The first-order chi connectivity index (χ1) is 6.34. The predicted octanol–water partition coefficient (Wildman–Crippen LogP) is 0.534. The molecule has 0 atom stereocenters. The van der Waals surface area contributed by atoms with E-state index < -0.39 is 0 Å². The fraction of sp³-hybridized carbons (Fsp3) is 0.875. The summed E-state index contributed by atoms with van der Waals surface area (Å²) < 4.78 is 1.80. The summed E-state index contributed by atoms with van der Waals surface area (Å²) in [6, 6.07) is 0. The highest BCUT2D eigenvalue weighted by molar-refractivity contribution is 4.72. The molecular weight excluding hydrogens is 168 g/mol. The molecule has 74 valence electrons. The molecule has 0 aliphatic carbocycles. The van der Waals surface area contributed by atoms with Gasteiger partial charge >= 0.3 is 0 Å². The van der Waals surface area contributed by atoms with Crippen molar-refractivity contribution in [2.24, 2.45) is 0 Å². The van der Waals surface area contributed by atoms with Crippen LogP contribution in [0.1, 0.15) is 31.5 Å². The number of aromatic nitrogens is 4. The lowest BCUT2D eigenvalue weighted by Crippen LogP contribution is -2.02. The molecule has 0 saturated carbocycles. The molecule has 0 unspecified atom stereocenters. The van der Waals surface area contributed by atoms with Gasteiger partial charge in [0, 0.05) is 13.2 Å². The van der Waals surface area contributed by atoms with Crippen molar-refractivity contribution in [3.63, 3.8) is 0 Å². The van der Waals surface area contributed by atoms with E-state index in [0.717, 1.165) is 38.1 Å². The van der Waals surface area contributed by atoms with E-state index in [-0.39, 0.29) is 0 Å². The van der Waals surface area contributed by atoms with Gasteiger partial charge in [0.2, 0.25) is 0 Å². The number of hydrogen-bond acceptors (Lipinski definition) is 4. The maximum atomic E-state index is 8.56. The van der Waals surface area contributed by atoms with Crippen LogP contribution >= 0.6 is 0 Å². The van der Waals surface area contributed by atoms with Crippen LogP contribution in [0.4, 0.5) is 0 Å². The molecule has 0 saturated heterocycles. The quantitative estimate of drug-likeness (QED) is 0.655. The van der Waals surface area contributed by atoms with E-state index in [9.17, 15) is 0 Å². The van der Waals surface area contributed by atoms with Crippen LogP contribution in [0.15, 0.2) is 0 Å². The van der Waals surface area contributed by atoms with Gasteiger partial charge in [-0.1, -0.05) is 12.8 Å². The average molecular weight is 184 g/mol. The minimum absolute atomic E-state index is 0.296. The fourth-order valence-corrected chi connectivity index (χ4v) is 1.18. The Hall–Kier alpha value is -0.970. The second-order valence-electron chi connectivity index (χ2n) is 3.09. The number of hydrogen-bond donors (Lipinski definition) is 1. The van der Waals surface area contributed by atoms with E-state index >= 15 is 0 Å². The Morgan fingerprint density at radius 2 is 2.00 bits per heavy atom. The number of aryl methyl sites for hydroxylation is 2. The summed E-state index contributed by atoms with van der Waals surface area (Å²) in [7, 11) is 0. The van der Waals surface area contributed by atoms with Crippen LogP contribution in [0.2, 0.25) is 0 Å². The molecule has 1 aromatic heterocycles. The highest BCUT2D eigenvalue weighted by Gasteiger charge is 1.98. The van der Waals surface area contributed by atoms with Crippen molar-refractivity contribution in [2.75, 3.05) is 6.61 Å². The summed E-state index contributed by atoms with van der Waals surface area (Å²) in [6.07, 6.45) is 4.18. The van der Waals surface area contributed by atoms with Crippen LogP contribution in [0, 0.1) is 6.92 Å². The molecule has 5 heteroatoms. The van der Waals surface area contributed by atoms with Gasteiger partial charge in [0.1, 0.15) is 5.82 Å². The first-order valence-electron chi connectivity index (χ1n) is 4.68. The Morgan fingerprint density at radius 3 is 2.62 bits per heavy atom. The van der Waals surface area contributed by atoms with Gasteiger partial charge < -0.3 is 5.11 Å². The van der Waals surface area contributed by atoms with Crippen molar-refractivity contribution in [1.29, 1.82) is 0 Å². The minimum atomic E-state index is 0.296. The van der Waals surface area contributed by atoms with Gasteiger partial charge in [-0.15, -0.1) is 5.10 Å². The second kappa shape index (κ2) is 5.64. The summed E-state index contributed by atoms with van der Waals surface area (Å²) >= 11 is 0. The number of rotatable bonds is 6. The first-order valence-corrected chi connectivity index (χ1v) is 4.68. The molecule has 0 aromatic carbocycles. The van der Waals surface area contributed by atoms with Crippen molar-refractivity contribution in [1.82, 2.24) is 20.2 Å². The predicted molar refractivity (Wildman–Crippen MR) is 48.1 cm³/mol. The Balaban J connectivity index is 2.10. The third-order valence-electron chi connectivity index (χ3n) is 1.99. The number of unbranched alkanes of at least 4 members (excludes halogenated alkanes) is 3. The summed E-state index contributed by atoms with van der Waals surface area (Å²) in [5.41, 5.74) is 0. The van der Waals surface area contributed by atoms with Crippen molar-refractivity contribution in [2.45, 2.75) is 39.2 Å². The van der Waals surface area contributed by atoms with Crippen LogP contribution in [0.3, 0.4) is 0 Å². The van der Waals surface area contributed by atoms with E-state index in [1.54, 1.807) is 4.68 Å². The zero-order chi connectivity index (χ0) is 9.52. The van der Waals surface area contributed by atoms with Gasteiger partial charge in [-0.05, 0) is 30.2 Å². The Bertz CT molecular complexity index is 236. The SMILES string of the molecule is Cc1nnnn1CCCCCCO. The molecule has 1 rings (SSSR count). The molecule has 1 heterocycles. The molecule has 0 bridgehead atoms. The summed E-state index contributed by atoms with van der Waals surface area (Å²) in [5, 5.41) is 19.7. The van der Waals surface area contributed by atoms with Gasteiger partial charge in [0.15, 0.2) is 0 Å². The molecule has 0 radical (unpaired) electrons. The smallest absolute Gasteiger partial charge is 0.148 e. The average Bonchev–Trinajstić information content (AvgIpc) is 2.52. The third-order valence-corrected chi connectivity index (χ3v) is 1.99. The molecule has 0 aliphatic rings. The van der Waals surface area contributed by atoms with Crippen molar-refractivity contribution in [3.05, 3.63) is 5.82 Å². The van der Waals surface area contributed by atoms with E-state index in [1.165, 1.54) is 0 Å². The van der Waals surface area contributed by atoms with Gasteiger partial charge in [-0.3, -0.25) is 0 Å². The van der Waals surface area contributed by atoms with Gasteiger partial charge in [0.25, 0.3) is 0 Å². The molecule has 0 aliphatic heterocycles. The zero-order valence-corrected chi connectivity index (χ0v) is 7.98. The number of nitrogens with zero attached hydrogens (tertiary/aromatic N) is 4. The van der Waals surface area contributed by atoms with Crippen LogP contribution < -0.4 is 0 Å². The third kappa shape index (κ3) is 3.50. The minimum Gasteiger partial charge on any atom is -0.396 e. The van der Waals surface area contributed by atoms with E-state index in [1.807, 2.05) is 6.92 Å². The number of aliphatic hydroxyl groups excluding tert-OH is 1. The molecular formula is C8H16N4O. The Labute approximate surface area is 77.8 Å². The highest BCUT2D eigenvalue weighted by atomic mass is 16.2. The van der Waals surface area contributed by atoms with Crippen LogP contribution in [-0.4, -0.2) is 31.9 Å². The lowest BCUT2D eigenvalue weighted by Gasteiger charge is -2.00. The summed E-state index contributed by atoms with van der Waals surface area (Å²) in [6.45, 7) is 3.07. The van der Waals surface area contributed by atoms with E-state index in [2.05, 4.69) is 15.5 Å². The van der Waals surface area contributed by atoms with Crippen molar-refractivity contribution >= 4 is 0 Å². The van der Waals surface area contributed by atoms with Crippen molar-refractivity contribution in [3.8, 4) is 0 Å². The molecule has 0 amide bonds. The highest BCUT2D eigenvalue weighted by Crippen LogP contribution is 2.01. The number of tetrazole rings is 1.